The molecule has 0 aromatic rings. The third-order valence-electron chi connectivity index (χ3n) is 11.5. The standard InChI is InChI=1S/C53H99NO8/c1-6-8-10-12-14-16-18-20-22-24-25-26-27-28-30-32-34-36-38-40-42-44-51(56)62-49(48-61-53(52(57)58)59-46-45-54(3,4)5)47-60-50(55)43-41-39-37-35-33-31-29-23-21-19-17-15-13-11-9-7-2/h18,20,24-25,49,53H,6-17,19,21-23,26-48H2,1-5H3/b20-18-,25-24-. The lowest BCUT2D eigenvalue weighted by Crippen LogP contribution is -2.44. The van der Waals surface area contributed by atoms with Gasteiger partial charge in [-0.25, -0.2) is 0 Å². The zero-order chi connectivity index (χ0) is 45.6. The monoisotopic (exact) mass is 878 g/mol. The van der Waals surface area contributed by atoms with Crippen LogP contribution in [-0.2, 0) is 33.3 Å². The Balaban J connectivity index is 4.32. The van der Waals surface area contributed by atoms with Crippen molar-refractivity contribution in [3.05, 3.63) is 24.3 Å². The first-order chi connectivity index (χ1) is 30.1. The number of allylic oxidation sites excluding steroid dienone is 4. The minimum atomic E-state index is -1.62. The predicted octanol–water partition coefficient (Wildman–Crippen LogP) is 13.1. The summed E-state index contributed by atoms with van der Waals surface area (Å²) in [4.78, 5) is 37.1. The molecule has 2 atom stereocenters. The van der Waals surface area contributed by atoms with Crippen LogP contribution in [0.3, 0.4) is 0 Å². The van der Waals surface area contributed by atoms with Gasteiger partial charge in [0.05, 0.1) is 40.3 Å². The van der Waals surface area contributed by atoms with Crippen molar-refractivity contribution in [2.75, 3.05) is 47.5 Å². The molecule has 62 heavy (non-hydrogen) atoms. The molecule has 364 valence electrons. The molecule has 0 amide bonds. The Morgan fingerprint density at radius 2 is 0.871 bits per heavy atom. The van der Waals surface area contributed by atoms with E-state index >= 15 is 0 Å². The van der Waals surface area contributed by atoms with Gasteiger partial charge in [0, 0.05) is 12.8 Å². The Hall–Kier alpha value is -2.23. The number of aliphatic carboxylic acids is 1. The molecule has 0 aromatic carbocycles. The largest absolute Gasteiger partial charge is 0.545 e. The average molecular weight is 878 g/mol. The minimum absolute atomic E-state index is 0.149. The zero-order valence-corrected chi connectivity index (χ0v) is 41.3. The topological polar surface area (TPSA) is 111 Å². The van der Waals surface area contributed by atoms with Crippen LogP contribution < -0.4 is 5.11 Å². The molecule has 0 radical (unpaired) electrons. The molecule has 0 bridgehead atoms. The van der Waals surface area contributed by atoms with E-state index in [-0.39, 0.29) is 32.2 Å². The van der Waals surface area contributed by atoms with Crippen LogP contribution in [0.2, 0.25) is 0 Å². The highest BCUT2D eigenvalue weighted by Gasteiger charge is 2.22. The third kappa shape index (κ3) is 45.8. The molecule has 0 aromatic heterocycles. The third-order valence-corrected chi connectivity index (χ3v) is 11.5. The van der Waals surface area contributed by atoms with Crippen LogP contribution in [0.4, 0.5) is 0 Å². The highest BCUT2D eigenvalue weighted by molar-refractivity contribution is 5.70. The molecule has 9 nitrogen and oxygen atoms in total. The highest BCUT2D eigenvalue weighted by Crippen LogP contribution is 2.16. The quantitative estimate of drug-likeness (QED) is 0.0195. The number of rotatable bonds is 48. The molecule has 0 fully saturated rings. The van der Waals surface area contributed by atoms with Gasteiger partial charge in [-0.2, -0.15) is 0 Å². The Morgan fingerprint density at radius 3 is 1.27 bits per heavy atom. The van der Waals surface area contributed by atoms with Gasteiger partial charge in [0.2, 0.25) is 0 Å². The lowest BCUT2D eigenvalue weighted by atomic mass is 10.0. The predicted molar refractivity (Wildman–Crippen MR) is 256 cm³/mol. The maximum atomic E-state index is 12.8. The van der Waals surface area contributed by atoms with Crippen molar-refractivity contribution in [1.82, 2.24) is 0 Å². The van der Waals surface area contributed by atoms with Gasteiger partial charge in [-0.15, -0.1) is 0 Å². The number of carbonyl (C=O) groups is 3. The van der Waals surface area contributed by atoms with Crippen LogP contribution in [0.1, 0.15) is 239 Å². The molecule has 0 aliphatic heterocycles. The van der Waals surface area contributed by atoms with E-state index in [9.17, 15) is 19.5 Å². The van der Waals surface area contributed by atoms with Gasteiger partial charge in [-0.3, -0.25) is 9.59 Å². The van der Waals surface area contributed by atoms with Crippen LogP contribution >= 0.6 is 0 Å². The first-order valence-corrected chi connectivity index (χ1v) is 26.0. The van der Waals surface area contributed by atoms with Crippen molar-refractivity contribution in [3.63, 3.8) is 0 Å². The summed E-state index contributed by atoms with van der Waals surface area (Å²) in [5.74, 6) is -2.27. The lowest BCUT2D eigenvalue weighted by Gasteiger charge is -2.26. The Morgan fingerprint density at radius 1 is 0.484 bits per heavy atom. The second-order valence-electron chi connectivity index (χ2n) is 18.8. The van der Waals surface area contributed by atoms with Gasteiger partial charge in [0.15, 0.2) is 12.4 Å². The molecule has 9 heteroatoms. The zero-order valence-electron chi connectivity index (χ0n) is 41.3. The second kappa shape index (κ2) is 45.3. The maximum Gasteiger partial charge on any atom is 0.306 e. The van der Waals surface area contributed by atoms with E-state index in [4.69, 9.17) is 18.9 Å². The fourth-order valence-electron chi connectivity index (χ4n) is 7.39. The molecular formula is C53H99NO8. The van der Waals surface area contributed by atoms with E-state index in [0.717, 1.165) is 51.4 Å². The molecule has 0 aliphatic rings. The number of carboxylic acid groups (broad SMARTS) is 1. The number of unbranched alkanes of at least 4 members (excludes halogenated alkanes) is 29. The van der Waals surface area contributed by atoms with E-state index in [1.54, 1.807) is 0 Å². The summed E-state index contributed by atoms with van der Waals surface area (Å²) in [6.07, 6.45) is 47.8. The molecule has 2 unspecified atom stereocenters. The van der Waals surface area contributed by atoms with Crippen LogP contribution in [0, 0.1) is 0 Å². The van der Waals surface area contributed by atoms with Crippen LogP contribution in [0.5, 0.6) is 0 Å². The van der Waals surface area contributed by atoms with Crippen molar-refractivity contribution in [2.24, 2.45) is 0 Å². The fraction of sp³-hybridized carbons (Fsp3) is 0.868. The van der Waals surface area contributed by atoms with E-state index in [0.29, 0.717) is 23.9 Å². The van der Waals surface area contributed by atoms with Crippen molar-refractivity contribution in [2.45, 2.75) is 251 Å². The van der Waals surface area contributed by atoms with E-state index in [2.05, 4.69) is 38.2 Å². The van der Waals surface area contributed by atoms with Crippen LogP contribution in [0.25, 0.3) is 0 Å². The van der Waals surface area contributed by atoms with Gasteiger partial charge < -0.3 is 33.3 Å². The summed E-state index contributed by atoms with van der Waals surface area (Å²) in [6.45, 7) is 4.76. The summed E-state index contributed by atoms with van der Waals surface area (Å²) >= 11 is 0. The summed E-state index contributed by atoms with van der Waals surface area (Å²) in [7, 11) is 5.92. The normalized spacial score (nSPS) is 13.0. The highest BCUT2D eigenvalue weighted by atomic mass is 16.7. The smallest absolute Gasteiger partial charge is 0.306 e. The number of nitrogens with zero attached hydrogens (tertiary/aromatic N) is 1. The molecule has 0 saturated heterocycles. The lowest BCUT2D eigenvalue weighted by molar-refractivity contribution is -0.870. The van der Waals surface area contributed by atoms with Gasteiger partial charge in [0.25, 0.3) is 0 Å². The number of hydrogen-bond acceptors (Lipinski definition) is 8. The summed E-state index contributed by atoms with van der Waals surface area (Å²) < 4.78 is 22.6. The molecule has 0 N–H and O–H groups in total. The van der Waals surface area contributed by atoms with E-state index < -0.39 is 24.3 Å². The van der Waals surface area contributed by atoms with Crippen molar-refractivity contribution >= 4 is 17.9 Å². The van der Waals surface area contributed by atoms with Crippen LogP contribution in [0.15, 0.2) is 24.3 Å². The number of ether oxygens (including phenoxy) is 4. The SMILES string of the molecule is CCCCCCC/C=C\C/C=C\CCCCCCCCCCCC(=O)OC(COC(=O)CCCCCCCCCCCCCCCCCC)COC(OCC[N+](C)(C)C)C(=O)[O-]. The van der Waals surface area contributed by atoms with E-state index in [1.165, 1.54) is 154 Å². The van der Waals surface area contributed by atoms with Gasteiger partial charge in [-0.05, 0) is 44.9 Å². The van der Waals surface area contributed by atoms with E-state index in [1.807, 2.05) is 21.1 Å². The molecule has 0 aliphatic carbocycles. The molecule has 0 rings (SSSR count). The summed E-state index contributed by atoms with van der Waals surface area (Å²) in [5.41, 5.74) is 0. The second-order valence-corrected chi connectivity index (χ2v) is 18.8. The Bertz CT molecular complexity index is 1070. The summed E-state index contributed by atoms with van der Waals surface area (Å²) in [6, 6.07) is 0. The number of carboxylic acids is 1. The average Bonchev–Trinajstić information content (AvgIpc) is 3.23. The van der Waals surface area contributed by atoms with Gasteiger partial charge >= 0.3 is 11.9 Å². The van der Waals surface area contributed by atoms with Crippen molar-refractivity contribution in [3.8, 4) is 0 Å². The number of likely N-dealkylation sites (N-methyl/N-ethyl adjacent to an activating group) is 1. The molecule has 0 heterocycles. The number of esters is 2. The minimum Gasteiger partial charge on any atom is -0.545 e. The maximum absolute atomic E-state index is 12.8. The first-order valence-electron chi connectivity index (χ1n) is 26.0. The number of quaternary nitrogens is 1. The summed E-state index contributed by atoms with van der Waals surface area (Å²) in [5, 5.41) is 11.7. The molecular weight excluding hydrogens is 779 g/mol. The molecule has 0 spiro atoms. The van der Waals surface area contributed by atoms with Gasteiger partial charge in [0.1, 0.15) is 13.2 Å². The van der Waals surface area contributed by atoms with Gasteiger partial charge in [-0.1, -0.05) is 205 Å². The van der Waals surface area contributed by atoms with Crippen molar-refractivity contribution < 1.29 is 42.9 Å². The van der Waals surface area contributed by atoms with Crippen molar-refractivity contribution in [1.29, 1.82) is 0 Å². The molecule has 0 saturated carbocycles. The number of carbonyl (C=O) groups excluding carboxylic acids is 3. The van der Waals surface area contributed by atoms with Crippen LogP contribution in [-0.4, -0.2) is 82.3 Å². The fourth-order valence-corrected chi connectivity index (χ4v) is 7.39. The Kier molecular flexibility index (Phi) is 43.7. The Labute approximate surface area is 382 Å². The number of hydrogen-bond donors (Lipinski definition) is 0. The first kappa shape index (κ1) is 59.8.